The molecule has 1 aromatic carbocycles. The van der Waals surface area contributed by atoms with Gasteiger partial charge in [0.25, 0.3) is 0 Å². The third-order valence-corrected chi connectivity index (χ3v) is 3.96. The Balaban J connectivity index is 2.38. The van der Waals surface area contributed by atoms with E-state index in [1.807, 2.05) is 25.8 Å². The largest absolute Gasteiger partial charge is 0.486 e. The van der Waals surface area contributed by atoms with Crippen molar-refractivity contribution < 1.29 is 19.7 Å². The van der Waals surface area contributed by atoms with Crippen LogP contribution in [0.25, 0.3) is 0 Å². The second kappa shape index (κ2) is 6.24. The van der Waals surface area contributed by atoms with Crippen molar-refractivity contribution in [2.75, 3.05) is 25.5 Å². The van der Waals surface area contributed by atoms with Gasteiger partial charge in [-0.05, 0) is 39.1 Å². The average Bonchev–Trinajstić information content (AvgIpc) is 2.38. The fourth-order valence-corrected chi connectivity index (χ4v) is 3.12. The van der Waals surface area contributed by atoms with E-state index in [0.717, 1.165) is 0 Å². The molecule has 0 spiro atoms. The van der Waals surface area contributed by atoms with Crippen LogP contribution in [-0.2, 0) is 4.79 Å². The summed E-state index contributed by atoms with van der Waals surface area (Å²) in [4.78, 5) is 13.1. The number of nitrogens with one attached hydrogen (secondary N) is 1. The second-order valence-electron chi connectivity index (χ2n) is 6.23. The molecule has 2 unspecified atom stereocenters. The number of hydrogen-bond donors (Lipinski definition) is 3. The van der Waals surface area contributed by atoms with Crippen molar-refractivity contribution in [1.29, 1.82) is 0 Å². The molecule has 1 aliphatic heterocycles. The lowest BCUT2D eigenvalue weighted by Crippen LogP contribution is -2.57. The molecular weight excluding hydrogens is 284 g/mol. The molecule has 0 aliphatic carbocycles. The summed E-state index contributed by atoms with van der Waals surface area (Å²) in [5.41, 5.74) is 0.656. The van der Waals surface area contributed by atoms with Crippen molar-refractivity contribution in [3.63, 3.8) is 0 Å². The van der Waals surface area contributed by atoms with Crippen LogP contribution < -0.4 is 10.1 Å². The van der Waals surface area contributed by atoms with E-state index in [9.17, 15) is 9.90 Å². The summed E-state index contributed by atoms with van der Waals surface area (Å²) in [5.74, 6) is 0.445. The lowest BCUT2D eigenvalue weighted by molar-refractivity contribution is -0.114. The first kappa shape index (κ1) is 16.7. The Morgan fingerprint density at radius 2 is 2.14 bits per heavy atom. The minimum Gasteiger partial charge on any atom is -0.486 e. The molecule has 0 fully saturated rings. The lowest BCUT2D eigenvalue weighted by atomic mass is 9.85. The van der Waals surface area contributed by atoms with E-state index in [4.69, 9.17) is 9.84 Å². The third-order valence-electron chi connectivity index (χ3n) is 3.96. The first-order chi connectivity index (χ1) is 10.3. The molecule has 0 aromatic heterocycles. The van der Waals surface area contributed by atoms with E-state index in [2.05, 4.69) is 5.32 Å². The molecule has 1 amide bonds. The van der Waals surface area contributed by atoms with Crippen LogP contribution in [0.1, 0.15) is 32.4 Å². The number of nitrogens with zero attached hydrogens (tertiary/aromatic N) is 1. The Labute approximate surface area is 130 Å². The van der Waals surface area contributed by atoms with Gasteiger partial charge in [-0.15, -0.1) is 0 Å². The molecule has 0 bridgehead atoms. The zero-order valence-corrected chi connectivity index (χ0v) is 13.5. The Bertz CT molecular complexity index is 559. The SMILES string of the molecule is CC(=O)Nc1ccc2c(c1)C(O)C(N(C)CCO)C(C)(C)O2. The molecule has 6 nitrogen and oxygen atoms in total. The van der Waals surface area contributed by atoms with Crippen LogP contribution in [0.5, 0.6) is 5.75 Å². The summed E-state index contributed by atoms with van der Waals surface area (Å²) in [6, 6.07) is 4.94. The molecular formula is C16H24N2O4. The van der Waals surface area contributed by atoms with E-state index in [0.29, 0.717) is 23.5 Å². The first-order valence-corrected chi connectivity index (χ1v) is 7.36. The number of rotatable bonds is 4. The van der Waals surface area contributed by atoms with Gasteiger partial charge < -0.3 is 20.3 Å². The van der Waals surface area contributed by atoms with Gasteiger partial charge in [0, 0.05) is 24.7 Å². The molecule has 2 atom stereocenters. The molecule has 6 heteroatoms. The molecule has 22 heavy (non-hydrogen) atoms. The average molecular weight is 308 g/mol. The minimum atomic E-state index is -0.774. The van der Waals surface area contributed by atoms with Gasteiger partial charge in [0.05, 0.1) is 12.6 Å². The van der Waals surface area contributed by atoms with Crippen LogP contribution >= 0.6 is 0 Å². The summed E-state index contributed by atoms with van der Waals surface area (Å²) in [6.07, 6.45) is -0.774. The fraction of sp³-hybridized carbons (Fsp3) is 0.562. The van der Waals surface area contributed by atoms with Gasteiger partial charge in [-0.25, -0.2) is 0 Å². The van der Waals surface area contributed by atoms with Crippen LogP contribution in [0, 0.1) is 0 Å². The van der Waals surface area contributed by atoms with Crippen molar-refractivity contribution in [2.45, 2.75) is 38.5 Å². The maximum absolute atomic E-state index is 11.2. The van der Waals surface area contributed by atoms with Crippen LogP contribution in [0.4, 0.5) is 5.69 Å². The number of carbonyl (C=O) groups excluding carboxylic acids is 1. The topological polar surface area (TPSA) is 82.0 Å². The Morgan fingerprint density at radius 1 is 1.45 bits per heavy atom. The van der Waals surface area contributed by atoms with Crippen molar-refractivity contribution >= 4 is 11.6 Å². The van der Waals surface area contributed by atoms with E-state index in [1.54, 1.807) is 18.2 Å². The summed E-state index contributed by atoms with van der Waals surface area (Å²) in [6.45, 7) is 5.72. The lowest BCUT2D eigenvalue weighted by Gasteiger charge is -2.47. The standard InChI is InChI=1S/C16H24N2O4/c1-10(20)17-11-5-6-13-12(9-11)14(21)15(16(2,3)22-13)18(4)7-8-19/h5-6,9,14-15,19,21H,7-8H2,1-4H3,(H,17,20). The van der Waals surface area contributed by atoms with Crippen LogP contribution in [0.3, 0.4) is 0 Å². The molecule has 122 valence electrons. The van der Waals surface area contributed by atoms with Crippen molar-refractivity contribution in [3.8, 4) is 5.75 Å². The number of aliphatic hydroxyl groups excluding tert-OH is 2. The molecule has 1 heterocycles. The number of fused-ring (bicyclic) bond motifs is 1. The summed E-state index contributed by atoms with van der Waals surface area (Å²) < 4.78 is 6.03. The maximum atomic E-state index is 11.2. The quantitative estimate of drug-likeness (QED) is 0.777. The van der Waals surface area contributed by atoms with E-state index < -0.39 is 11.7 Å². The Kier molecular flexibility index (Phi) is 4.75. The first-order valence-electron chi connectivity index (χ1n) is 7.36. The number of amides is 1. The normalized spacial score (nSPS) is 22.9. The summed E-state index contributed by atoms with van der Waals surface area (Å²) >= 11 is 0. The van der Waals surface area contributed by atoms with Crippen LogP contribution in [-0.4, -0.2) is 52.9 Å². The smallest absolute Gasteiger partial charge is 0.221 e. The number of likely N-dealkylation sites (N-methyl/N-ethyl adjacent to an activating group) is 1. The number of hydrogen-bond acceptors (Lipinski definition) is 5. The molecule has 3 N–H and O–H groups in total. The Hall–Kier alpha value is -1.63. The van der Waals surface area contributed by atoms with E-state index >= 15 is 0 Å². The predicted molar refractivity (Wildman–Crippen MR) is 83.9 cm³/mol. The number of benzene rings is 1. The van der Waals surface area contributed by atoms with Crippen LogP contribution in [0.15, 0.2) is 18.2 Å². The molecule has 2 rings (SSSR count). The monoisotopic (exact) mass is 308 g/mol. The third kappa shape index (κ3) is 3.24. The minimum absolute atomic E-state index is 0.00852. The van der Waals surface area contributed by atoms with E-state index in [-0.39, 0.29) is 18.6 Å². The van der Waals surface area contributed by atoms with Crippen LogP contribution in [0.2, 0.25) is 0 Å². The van der Waals surface area contributed by atoms with Gasteiger partial charge in [0.1, 0.15) is 17.5 Å². The number of anilines is 1. The predicted octanol–water partition coefficient (Wildman–Crippen LogP) is 1.14. The van der Waals surface area contributed by atoms with Gasteiger partial charge in [0.15, 0.2) is 0 Å². The fourth-order valence-electron chi connectivity index (χ4n) is 3.12. The number of aliphatic hydroxyl groups is 2. The second-order valence-corrected chi connectivity index (χ2v) is 6.23. The Morgan fingerprint density at radius 3 is 2.73 bits per heavy atom. The van der Waals surface area contributed by atoms with Crippen molar-refractivity contribution in [3.05, 3.63) is 23.8 Å². The zero-order chi connectivity index (χ0) is 16.5. The number of ether oxygens (including phenoxy) is 1. The highest BCUT2D eigenvalue weighted by Crippen LogP contribution is 2.42. The highest BCUT2D eigenvalue weighted by molar-refractivity contribution is 5.88. The molecule has 1 aliphatic rings. The maximum Gasteiger partial charge on any atom is 0.221 e. The van der Waals surface area contributed by atoms with Gasteiger partial charge in [-0.2, -0.15) is 0 Å². The van der Waals surface area contributed by atoms with Crippen molar-refractivity contribution in [1.82, 2.24) is 4.90 Å². The summed E-state index contributed by atoms with van der Waals surface area (Å²) in [5, 5.41) is 22.7. The molecule has 0 saturated heterocycles. The molecule has 0 radical (unpaired) electrons. The van der Waals surface area contributed by atoms with Gasteiger partial charge in [-0.3, -0.25) is 9.69 Å². The van der Waals surface area contributed by atoms with E-state index in [1.165, 1.54) is 6.92 Å². The highest BCUT2D eigenvalue weighted by Gasteiger charge is 2.45. The summed E-state index contributed by atoms with van der Waals surface area (Å²) in [7, 11) is 1.85. The zero-order valence-electron chi connectivity index (χ0n) is 13.5. The van der Waals surface area contributed by atoms with Gasteiger partial charge >= 0.3 is 0 Å². The molecule has 0 saturated carbocycles. The highest BCUT2D eigenvalue weighted by atomic mass is 16.5. The molecule has 1 aromatic rings. The van der Waals surface area contributed by atoms with Gasteiger partial charge in [0.2, 0.25) is 5.91 Å². The van der Waals surface area contributed by atoms with Gasteiger partial charge in [-0.1, -0.05) is 0 Å². The van der Waals surface area contributed by atoms with Crippen molar-refractivity contribution in [2.24, 2.45) is 0 Å². The number of carbonyl (C=O) groups is 1.